The fourth-order valence-corrected chi connectivity index (χ4v) is 4.03. The Kier molecular flexibility index (Phi) is 7.43. The molecule has 146 valence electrons. The molecule has 0 aromatic heterocycles. The van der Waals surface area contributed by atoms with Crippen molar-refractivity contribution in [3.05, 3.63) is 29.8 Å². The van der Waals surface area contributed by atoms with Crippen LogP contribution < -0.4 is 10.1 Å². The third-order valence-electron chi connectivity index (χ3n) is 4.55. The summed E-state index contributed by atoms with van der Waals surface area (Å²) in [5.41, 5.74) is 1.15. The first-order valence-corrected chi connectivity index (χ1v) is 10.3. The van der Waals surface area contributed by atoms with Gasteiger partial charge in [-0.25, -0.2) is 12.7 Å². The largest absolute Gasteiger partial charge is 0.497 e. The maximum Gasteiger partial charge on any atom is 0.220 e. The fourth-order valence-electron chi connectivity index (χ4n) is 2.87. The minimum Gasteiger partial charge on any atom is -0.497 e. The Hall–Kier alpha value is -1.64. The molecule has 1 saturated heterocycles. The molecule has 1 aliphatic heterocycles. The van der Waals surface area contributed by atoms with Crippen molar-refractivity contribution < 1.29 is 22.7 Å². The Morgan fingerprint density at radius 3 is 2.58 bits per heavy atom. The van der Waals surface area contributed by atoms with E-state index in [1.807, 2.05) is 24.3 Å². The number of sulfonamides is 1. The lowest BCUT2D eigenvalue weighted by atomic mass is 10.1. The molecular formula is C18H28N2O5S. The van der Waals surface area contributed by atoms with Crippen molar-refractivity contribution in [3.63, 3.8) is 0 Å². The number of nitrogens with zero attached hydrogens (tertiary/aromatic N) is 1. The van der Waals surface area contributed by atoms with Crippen molar-refractivity contribution in [2.75, 3.05) is 40.2 Å². The minimum atomic E-state index is -3.32. The average Bonchev–Trinajstić information content (AvgIpc) is 3.01. The van der Waals surface area contributed by atoms with E-state index in [0.29, 0.717) is 19.6 Å². The van der Waals surface area contributed by atoms with Crippen LogP contribution in [-0.2, 0) is 26.0 Å². The topological polar surface area (TPSA) is 84.9 Å². The molecule has 0 spiro atoms. The predicted octanol–water partition coefficient (Wildman–Crippen LogP) is 1.04. The van der Waals surface area contributed by atoms with Gasteiger partial charge in [-0.1, -0.05) is 12.1 Å². The zero-order valence-electron chi connectivity index (χ0n) is 15.6. The number of benzene rings is 1. The molecule has 26 heavy (non-hydrogen) atoms. The number of amides is 1. The predicted molar refractivity (Wildman–Crippen MR) is 99.6 cm³/mol. The van der Waals surface area contributed by atoms with Gasteiger partial charge in [-0.15, -0.1) is 0 Å². The minimum absolute atomic E-state index is 0.0171. The lowest BCUT2D eigenvalue weighted by Gasteiger charge is -2.21. The van der Waals surface area contributed by atoms with Gasteiger partial charge in [0.15, 0.2) is 0 Å². The zero-order chi connectivity index (χ0) is 19.2. The number of carbonyl (C=O) groups is 1. The van der Waals surface area contributed by atoms with E-state index in [-0.39, 0.29) is 23.6 Å². The molecule has 1 aromatic carbocycles. The molecule has 1 aliphatic rings. The molecule has 8 heteroatoms. The van der Waals surface area contributed by atoms with Gasteiger partial charge in [-0.3, -0.25) is 4.79 Å². The molecule has 1 N–H and O–H groups in total. The van der Waals surface area contributed by atoms with Crippen molar-refractivity contribution in [1.29, 1.82) is 0 Å². The molecule has 0 saturated carbocycles. The van der Waals surface area contributed by atoms with Crippen LogP contribution in [0.15, 0.2) is 24.3 Å². The Labute approximate surface area is 155 Å². The molecule has 0 unspecified atom stereocenters. The van der Waals surface area contributed by atoms with Gasteiger partial charge in [0.2, 0.25) is 15.9 Å². The van der Waals surface area contributed by atoms with Crippen molar-refractivity contribution in [3.8, 4) is 5.75 Å². The van der Waals surface area contributed by atoms with Gasteiger partial charge < -0.3 is 14.8 Å². The van der Waals surface area contributed by atoms with Gasteiger partial charge in [-0.2, -0.15) is 0 Å². The second kappa shape index (κ2) is 9.34. The summed E-state index contributed by atoms with van der Waals surface area (Å²) in [6.07, 6.45) is 1.93. The molecule has 7 nitrogen and oxygen atoms in total. The number of hydrogen-bond donors (Lipinski definition) is 1. The third kappa shape index (κ3) is 5.96. The van der Waals surface area contributed by atoms with E-state index in [0.717, 1.165) is 24.2 Å². The van der Waals surface area contributed by atoms with E-state index in [1.54, 1.807) is 7.11 Å². The van der Waals surface area contributed by atoms with Crippen LogP contribution in [0.5, 0.6) is 5.75 Å². The molecule has 0 radical (unpaired) electrons. The van der Waals surface area contributed by atoms with Crippen LogP contribution in [0.25, 0.3) is 0 Å². The summed E-state index contributed by atoms with van der Waals surface area (Å²) >= 11 is 0. The molecular weight excluding hydrogens is 356 g/mol. The molecule has 1 heterocycles. The summed E-state index contributed by atoms with van der Waals surface area (Å²) in [4.78, 5) is 12.2. The van der Waals surface area contributed by atoms with Crippen molar-refractivity contribution in [2.45, 2.75) is 25.3 Å². The van der Waals surface area contributed by atoms with E-state index >= 15 is 0 Å². The highest BCUT2D eigenvalue weighted by molar-refractivity contribution is 7.89. The SMILES string of the molecule is COc1ccc(CCCC(=O)N[C@@H]2COC[C@H]2CS(=O)(=O)N(C)C)cc1. The van der Waals surface area contributed by atoms with Crippen LogP contribution in [-0.4, -0.2) is 64.8 Å². The molecule has 0 bridgehead atoms. The smallest absolute Gasteiger partial charge is 0.220 e. The average molecular weight is 384 g/mol. The summed E-state index contributed by atoms with van der Waals surface area (Å²) in [5, 5.41) is 2.93. The van der Waals surface area contributed by atoms with Crippen LogP contribution in [0.3, 0.4) is 0 Å². The normalized spacial score (nSPS) is 20.3. The first-order valence-electron chi connectivity index (χ1n) is 8.72. The zero-order valence-corrected chi connectivity index (χ0v) is 16.4. The van der Waals surface area contributed by atoms with Gasteiger partial charge in [0, 0.05) is 26.4 Å². The Morgan fingerprint density at radius 1 is 1.27 bits per heavy atom. The van der Waals surface area contributed by atoms with E-state index in [9.17, 15) is 13.2 Å². The first kappa shape index (κ1) is 20.7. The lowest BCUT2D eigenvalue weighted by Crippen LogP contribution is -2.43. The van der Waals surface area contributed by atoms with Gasteiger partial charge in [0.25, 0.3) is 0 Å². The van der Waals surface area contributed by atoms with Gasteiger partial charge >= 0.3 is 0 Å². The van der Waals surface area contributed by atoms with Crippen LogP contribution in [0, 0.1) is 5.92 Å². The second-order valence-corrected chi connectivity index (χ2v) is 8.96. The number of nitrogens with one attached hydrogen (secondary N) is 1. The summed E-state index contributed by atoms with van der Waals surface area (Å²) in [7, 11) is 1.33. The molecule has 2 atom stereocenters. The highest BCUT2D eigenvalue weighted by atomic mass is 32.2. The molecule has 0 aliphatic carbocycles. The van der Waals surface area contributed by atoms with Gasteiger partial charge in [0.05, 0.1) is 32.1 Å². The number of carbonyl (C=O) groups excluding carboxylic acids is 1. The summed E-state index contributed by atoms with van der Waals surface area (Å²) < 4.78 is 35.8. The van der Waals surface area contributed by atoms with Gasteiger partial charge in [0.1, 0.15) is 5.75 Å². The van der Waals surface area contributed by atoms with Crippen molar-refractivity contribution in [2.24, 2.45) is 5.92 Å². The Morgan fingerprint density at radius 2 is 1.96 bits per heavy atom. The monoisotopic (exact) mass is 384 g/mol. The molecule has 1 aromatic rings. The van der Waals surface area contributed by atoms with Gasteiger partial charge in [-0.05, 0) is 30.5 Å². The first-order chi connectivity index (χ1) is 12.3. The summed E-state index contributed by atoms with van der Waals surface area (Å²) in [5.74, 6) is 0.511. The van der Waals surface area contributed by atoms with Crippen LogP contribution >= 0.6 is 0 Å². The van der Waals surface area contributed by atoms with E-state index in [4.69, 9.17) is 9.47 Å². The Bertz CT molecular complexity index is 688. The van der Waals surface area contributed by atoms with E-state index < -0.39 is 10.0 Å². The van der Waals surface area contributed by atoms with Crippen LogP contribution in [0.2, 0.25) is 0 Å². The standard InChI is InChI=1S/C18H28N2O5S/c1-20(2)26(22,23)13-15-11-25-12-17(15)19-18(21)6-4-5-14-7-9-16(24-3)10-8-14/h7-10,15,17H,4-6,11-13H2,1-3H3,(H,19,21)/t15-,17+/m0/s1. The third-order valence-corrected chi connectivity index (χ3v) is 6.52. The van der Waals surface area contributed by atoms with E-state index in [1.165, 1.54) is 18.4 Å². The van der Waals surface area contributed by atoms with E-state index in [2.05, 4.69) is 5.32 Å². The number of ether oxygens (including phenoxy) is 2. The van der Waals surface area contributed by atoms with Crippen LogP contribution in [0.4, 0.5) is 0 Å². The van der Waals surface area contributed by atoms with Crippen molar-refractivity contribution in [1.82, 2.24) is 9.62 Å². The number of rotatable bonds is 9. The van der Waals surface area contributed by atoms with Crippen molar-refractivity contribution >= 4 is 15.9 Å². The number of aryl methyl sites for hydroxylation is 1. The maximum absolute atomic E-state index is 12.2. The molecule has 1 fully saturated rings. The molecule has 2 rings (SSSR count). The second-order valence-electron chi connectivity index (χ2n) is 6.73. The maximum atomic E-state index is 12.2. The number of methoxy groups -OCH3 is 1. The highest BCUT2D eigenvalue weighted by Gasteiger charge is 2.33. The highest BCUT2D eigenvalue weighted by Crippen LogP contribution is 2.18. The summed E-state index contributed by atoms with van der Waals surface area (Å²) in [6.45, 7) is 0.710. The molecule has 1 amide bonds. The Balaban J connectivity index is 1.77. The quantitative estimate of drug-likeness (QED) is 0.688. The summed E-state index contributed by atoms with van der Waals surface area (Å²) in [6, 6.07) is 7.54. The number of hydrogen-bond acceptors (Lipinski definition) is 5. The fraction of sp³-hybridized carbons (Fsp3) is 0.611. The lowest BCUT2D eigenvalue weighted by molar-refractivity contribution is -0.122. The van der Waals surface area contributed by atoms with Crippen LogP contribution in [0.1, 0.15) is 18.4 Å².